The predicted molar refractivity (Wildman–Crippen MR) is 114 cm³/mol. The van der Waals surface area contributed by atoms with E-state index in [0.29, 0.717) is 24.2 Å². The number of allylic oxidation sites excluding steroid dienone is 1. The molecule has 0 saturated carbocycles. The van der Waals surface area contributed by atoms with Crippen molar-refractivity contribution in [1.29, 1.82) is 0 Å². The molecular formula is C22H24N4O2S. The van der Waals surface area contributed by atoms with Gasteiger partial charge in [-0.15, -0.1) is 11.3 Å². The fourth-order valence-electron chi connectivity index (χ4n) is 3.49. The molecule has 7 heteroatoms. The van der Waals surface area contributed by atoms with Crippen LogP contribution < -0.4 is 5.32 Å². The van der Waals surface area contributed by atoms with Crippen LogP contribution >= 0.6 is 11.3 Å². The maximum atomic E-state index is 12.9. The van der Waals surface area contributed by atoms with Gasteiger partial charge in [-0.2, -0.15) is 4.98 Å². The lowest BCUT2D eigenvalue weighted by molar-refractivity contribution is 0.199. The van der Waals surface area contributed by atoms with Crippen LogP contribution in [0.3, 0.4) is 0 Å². The summed E-state index contributed by atoms with van der Waals surface area (Å²) in [5.41, 5.74) is 3.83. The third-order valence-electron chi connectivity index (χ3n) is 4.95. The van der Waals surface area contributed by atoms with E-state index < -0.39 is 0 Å². The number of benzene rings is 1. The third kappa shape index (κ3) is 3.82. The average Bonchev–Trinajstić information content (AvgIpc) is 3.37. The molecular weight excluding hydrogens is 384 g/mol. The summed E-state index contributed by atoms with van der Waals surface area (Å²) in [7, 11) is 0. The molecule has 1 aliphatic rings. The molecule has 0 spiro atoms. The molecule has 29 heavy (non-hydrogen) atoms. The minimum Gasteiger partial charge on any atom is -0.334 e. The molecule has 0 fully saturated rings. The molecule has 1 atom stereocenters. The number of nitrogens with one attached hydrogen (secondary N) is 1. The summed E-state index contributed by atoms with van der Waals surface area (Å²) in [5, 5.41) is 9.29. The van der Waals surface area contributed by atoms with Gasteiger partial charge >= 0.3 is 6.03 Å². The normalized spacial score (nSPS) is 17.2. The van der Waals surface area contributed by atoms with Gasteiger partial charge in [-0.3, -0.25) is 4.90 Å². The summed E-state index contributed by atoms with van der Waals surface area (Å²) < 4.78 is 5.67. The summed E-state index contributed by atoms with van der Waals surface area (Å²) in [5.74, 6) is 1.33. The Kier molecular flexibility index (Phi) is 5.24. The van der Waals surface area contributed by atoms with E-state index in [1.165, 1.54) is 0 Å². The van der Waals surface area contributed by atoms with Crippen LogP contribution in [0.4, 0.5) is 4.79 Å². The summed E-state index contributed by atoms with van der Waals surface area (Å²) >= 11 is 1.56. The first-order valence-electron chi connectivity index (χ1n) is 9.67. The summed E-state index contributed by atoms with van der Waals surface area (Å²) in [6.07, 6.45) is 0. The number of hydrogen-bond donors (Lipinski definition) is 1. The number of amides is 2. The number of aromatic nitrogens is 2. The number of carbonyl (C=O) groups is 1. The van der Waals surface area contributed by atoms with Gasteiger partial charge in [0, 0.05) is 12.2 Å². The second-order valence-corrected chi connectivity index (χ2v) is 8.64. The molecule has 0 saturated heterocycles. The fraction of sp³-hybridized carbons (Fsp3) is 0.318. The SMILES string of the molecule is CC1=C(c2nc(-c3cccs3)no2)C(c2ccc(C)cc2)NC(=O)N1CC(C)C. The van der Waals surface area contributed by atoms with Crippen LogP contribution in [0.25, 0.3) is 16.3 Å². The highest BCUT2D eigenvalue weighted by atomic mass is 32.1. The second kappa shape index (κ2) is 7.83. The third-order valence-corrected chi connectivity index (χ3v) is 5.82. The maximum Gasteiger partial charge on any atom is 0.322 e. The first kappa shape index (κ1) is 19.4. The Hall–Kier alpha value is -2.93. The van der Waals surface area contributed by atoms with E-state index in [2.05, 4.69) is 29.3 Å². The van der Waals surface area contributed by atoms with Crippen LogP contribution in [-0.2, 0) is 0 Å². The Morgan fingerprint density at radius 2 is 1.97 bits per heavy atom. The molecule has 0 bridgehead atoms. The first-order chi connectivity index (χ1) is 13.9. The van der Waals surface area contributed by atoms with Crippen molar-refractivity contribution in [2.75, 3.05) is 6.54 Å². The molecule has 1 aromatic carbocycles. The first-order valence-corrected chi connectivity index (χ1v) is 10.6. The molecule has 3 aromatic rings. The monoisotopic (exact) mass is 408 g/mol. The molecule has 1 aliphatic heterocycles. The quantitative estimate of drug-likeness (QED) is 0.625. The molecule has 6 nitrogen and oxygen atoms in total. The topological polar surface area (TPSA) is 71.3 Å². The molecule has 0 radical (unpaired) electrons. The van der Waals surface area contributed by atoms with E-state index in [4.69, 9.17) is 4.52 Å². The van der Waals surface area contributed by atoms with Gasteiger partial charge in [0.1, 0.15) is 0 Å². The van der Waals surface area contributed by atoms with Crippen molar-refractivity contribution >= 4 is 22.9 Å². The van der Waals surface area contributed by atoms with Crippen molar-refractivity contribution in [3.63, 3.8) is 0 Å². The molecule has 2 amide bonds. The number of carbonyl (C=O) groups excluding carboxylic acids is 1. The minimum absolute atomic E-state index is 0.108. The van der Waals surface area contributed by atoms with Crippen molar-refractivity contribution in [3.8, 4) is 10.7 Å². The Balaban J connectivity index is 1.82. The Morgan fingerprint density at radius 3 is 2.62 bits per heavy atom. The Bertz CT molecular complexity index is 1040. The van der Waals surface area contributed by atoms with Gasteiger partial charge in [0.25, 0.3) is 5.89 Å². The van der Waals surface area contributed by atoms with Crippen molar-refractivity contribution in [2.24, 2.45) is 5.92 Å². The maximum absolute atomic E-state index is 12.9. The van der Waals surface area contributed by atoms with Crippen molar-refractivity contribution in [3.05, 3.63) is 64.5 Å². The van der Waals surface area contributed by atoms with E-state index in [1.807, 2.05) is 55.6 Å². The van der Waals surface area contributed by atoms with Crippen LogP contribution in [0.5, 0.6) is 0 Å². The number of hydrogen-bond acceptors (Lipinski definition) is 5. The Morgan fingerprint density at radius 1 is 1.21 bits per heavy atom. The molecule has 4 rings (SSSR count). The molecule has 3 heterocycles. The number of rotatable bonds is 5. The molecule has 1 N–H and O–H groups in total. The predicted octanol–water partition coefficient (Wildman–Crippen LogP) is 5.26. The van der Waals surface area contributed by atoms with E-state index in [-0.39, 0.29) is 12.1 Å². The van der Waals surface area contributed by atoms with Gasteiger partial charge in [0.15, 0.2) is 0 Å². The zero-order valence-corrected chi connectivity index (χ0v) is 17.8. The minimum atomic E-state index is -0.344. The lowest BCUT2D eigenvalue weighted by Crippen LogP contribution is -2.47. The Labute approximate surface area is 174 Å². The van der Waals surface area contributed by atoms with Gasteiger partial charge in [-0.1, -0.05) is 54.9 Å². The van der Waals surface area contributed by atoms with Crippen molar-refractivity contribution in [1.82, 2.24) is 20.4 Å². The largest absolute Gasteiger partial charge is 0.334 e. The van der Waals surface area contributed by atoms with Crippen LogP contribution in [0.15, 0.2) is 52.0 Å². The fourth-order valence-corrected chi connectivity index (χ4v) is 4.14. The smallest absolute Gasteiger partial charge is 0.322 e. The zero-order chi connectivity index (χ0) is 20.5. The second-order valence-electron chi connectivity index (χ2n) is 7.70. The standard InChI is InChI=1S/C22H24N4O2S/c1-13(2)12-26-15(4)18(21-24-20(25-28-21)17-6-5-11-29-17)19(23-22(26)27)16-9-7-14(3)8-10-16/h5-11,13,19H,12H2,1-4H3,(H,23,27). The summed E-state index contributed by atoms with van der Waals surface area (Å²) in [6, 6.07) is 11.6. The van der Waals surface area contributed by atoms with Crippen molar-refractivity contribution in [2.45, 2.75) is 33.7 Å². The van der Waals surface area contributed by atoms with Crippen molar-refractivity contribution < 1.29 is 9.32 Å². The van der Waals surface area contributed by atoms with Gasteiger partial charge in [0.05, 0.1) is 16.5 Å². The van der Waals surface area contributed by atoms with Crippen LogP contribution in [0, 0.1) is 12.8 Å². The van der Waals surface area contributed by atoms with Crippen LogP contribution in [-0.4, -0.2) is 27.6 Å². The number of nitrogens with zero attached hydrogens (tertiary/aromatic N) is 3. The zero-order valence-electron chi connectivity index (χ0n) is 17.0. The number of aryl methyl sites for hydroxylation is 1. The van der Waals surface area contributed by atoms with Crippen LogP contribution in [0.1, 0.15) is 43.8 Å². The van der Waals surface area contributed by atoms with Gasteiger partial charge in [-0.05, 0) is 36.8 Å². The van der Waals surface area contributed by atoms with Crippen LogP contribution in [0.2, 0.25) is 0 Å². The van der Waals surface area contributed by atoms with Gasteiger partial charge in [-0.25, -0.2) is 4.79 Å². The van der Waals surface area contributed by atoms with E-state index in [0.717, 1.165) is 27.3 Å². The van der Waals surface area contributed by atoms with E-state index in [9.17, 15) is 4.79 Å². The highest BCUT2D eigenvalue weighted by Gasteiger charge is 2.35. The molecule has 0 aliphatic carbocycles. The number of thiophene rings is 1. The van der Waals surface area contributed by atoms with E-state index >= 15 is 0 Å². The lowest BCUT2D eigenvalue weighted by Gasteiger charge is -2.36. The molecule has 2 aromatic heterocycles. The molecule has 150 valence electrons. The highest BCUT2D eigenvalue weighted by molar-refractivity contribution is 7.13. The van der Waals surface area contributed by atoms with E-state index in [1.54, 1.807) is 16.2 Å². The van der Waals surface area contributed by atoms with Gasteiger partial charge in [0.2, 0.25) is 5.82 Å². The summed E-state index contributed by atoms with van der Waals surface area (Å²) in [6.45, 7) is 8.79. The average molecular weight is 409 g/mol. The number of urea groups is 1. The summed E-state index contributed by atoms with van der Waals surface area (Å²) in [4.78, 5) is 20.2. The highest BCUT2D eigenvalue weighted by Crippen LogP contribution is 2.37. The molecule has 1 unspecified atom stereocenters. The lowest BCUT2D eigenvalue weighted by atomic mass is 9.94. The van der Waals surface area contributed by atoms with Gasteiger partial charge < -0.3 is 9.84 Å².